The van der Waals surface area contributed by atoms with E-state index in [1.54, 1.807) is 13.0 Å². The van der Waals surface area contributed by atoms with E-state index in [9.17, 15) is 14.0 Å². The molecule has 1 aromatic heterocycles. The van der Waals surface area contributed by atoms with Gasteiger partial charge in [-0.2, -0.15) is 0 Å². The molecule has 1 aliphatic carbocycles. The van der Waals surface area contributed by atoms with Crippen LogP contribution in [0.1, 0.15) is 56.1 Å². The monoisotopic (exact) mass is 341 g/mol. The molecule has 2 aliphatic rings. The van der Waals surface area contributed by atoms with E-state index in [1.165, 1.54) is 0 Å². The zero-order valence-electron chi connectivity index (χ0n) is 14.1. The van der Waals surface area contributed by atoms with Crippen molar-refractivity contribution in [3.8, 4) is 0 Å². The van der Waals surface area contributed by atoms with Crippen molar-refractivity contribution >= 4 is 17.4 Å². The molecule has 2 aromatic rings. The molecule has 0 saturated heterocycles. The van der Waals surface area contributed by atoms with Gasteiger partial charge >= 0.3 is 0 Å². The van der Waals surface area contributed by atoms with Gasteiger partial charge in [-0.3, -0.25) is 9.59 Å². The van der Waals surface area contributed by atoms with Crippen LogP contribution in [0.15, 0.2) is 12.1 Å². The van der Waals surface area contributed by atoms with Gasteiger partial charge in [0.1, 0.15) is 11.5 Å². The lowest BCUT2D eigenvalue weighted by Crippen LogP contribution is -2.25. The molecule has 1 amide bonds. The van der Waals surface area contributed by atoms with E-state index in [-0.39, 0.29) is 17.3 Å². The molecule has 0 atom stereocenters. The highest BCUT2D eigenvalue weighted by Crippen LogP contribution is 2.28. The maximum absolute atomic E-state index is 14.7. The molecule has 4 rings (SSSR count). The van der Waals surface area contributed by atoms with E-state index < -0.39 is 5.91 Å². The third-order valence-corrected chi connectivity index (χ3v) is 5.12. The number of fused-ring (bicyclic) bond motifs is 2. The number of Topliss-reactive ketones (excluding diaryl/α,β-unsaturated/α-hetero) is 1. The fourth-order valence-corrected chi connectivity index (χ4v) is 3.82. The normalized spacial score (nSPS) is 16.3. The summed E-state index contributed by atoms with van der Waals surface area (Å²) in [4.78, 5) is 27.8. The number of aromatic nitrogens is 1. The smallest absolute Gasteiger partial charge is 0.272 e. The first-order valence-electron chi connectivity index (χ1n) is 8.63. The van der Waals surface area contributed by atoms with Crippen LogP contribution in [0.4, 0.5) is 10.1 Å². The number of aromatic amines is 1. The van der Waals surface area contributed by atoms with Crippen LogP contribution in [-0.2, 0) is 19.4 Å². The van der Waals surface area contributed by atoms with Gasteiger partial charge in [0, 0.05) is 24.2 Å². The Labute approximate surface area is 145 Å². The van der Waals surface area contributed by atoms with Crippen molar-refractivity contribution in [2.45, 2.75) is 39.2 Å². The maximum Gasteiger partial charge on any atom is 0.272 e. The molecule has 3 N–H and O–H groups in total. The van der Waals surface area contributed by atoms with E-state index in [1.807, 2.05) is 6.07 Å². The number of carbonyl (C=O) groups is 2. The van der Waals surface area contributed by atoms with Gasteiger partial charge in [-0.1, -0.05) is 6.07 Å². The highest BCUT2D eigenvalue weighted by molar-refractivity contribution is 6.08. The molecule has 0 fully saturated rings. The van der Waals surface area contributed by atoms with Crippen molar-refractivity contribution in [3.05, 3.63) is 51.6 Å². The molecule has 5 nitrogen and oxygen atoms in total. The minimum atomic E-state index is -0.410. The zero-order valence-corrected chi connectivity index (χ0v) is 14.1. The van der Waals surface area contributed by atoms with Crippen LogP contribution in [0.2, 0.25) is 0 Å². The van der Waals surface area contributed by atoms with Crippen molar-refractivity contribution in [3.63, 3.8) is 0 Å². The minimum Gasteiger partial charge on any atom is -0.354 e. The predicted molar refractivity (Wildman–Crippen MR) is 92.6 cm³/mol. The second-order valence-corrected chi connectivity index (χ2v) is 6.70. The Morgan fingerprint density at radius 2 is 2.08 bits per heavy atom. The summed E-state index contributed by atoms with van der Waals surface area (Å²) in [5.74, 6) is -0.702. The van der Waals surface area contributed by atoms with E-state index in [0.29, 0.717) is 41.8 Å². The molecule has 0 spiro atoms. The molecule has 1 aliphatic heterocycles. The van der Waals surface area contributed by atoms with E-state index in [0.717, 1.165) is 30.6 Å². The minimum absolute atomic E-state index is 0.0708. The average Bonchev–Trinajstić information content (AvgIpc) is 2.96. The summed E-state index contributed by atoms with van der Waals surface area (Å²) in [6.07, 6.45) is 2.67. The summed E-state index contributed by atoms with van der Waals surface area (Å²) in [7, 11) is 0. The van der Waals surface area contributed by atoms with E-state index in [2.05, 4.69) is 15.6 Å². The summed E-state index contributed by atoms with van der Waals surface area (Å²) in [5.41, 5.74) is 4.22. The number of amides is 1. The number of H-pyrrole nitrogens is 1. The third kappa shape index (κ3) is 2.66. The molecule has 0 saturated carbocycles. The molecule has 130 valence electrons. The number of ketones is 1. The molecule has 0 unspecified atom stereocenters. The Balaban J connectivity index is 1.64. The summed E-state index contributed by atoms with van der Waals surface area (Å²) >= 11 is 0. The quantitative estimate of drug-likeness (QED) is 0.786. The van der Waals surface area contributed by atoms with Gasteiger partial charge in [0.25, 0.3) is 5.91 Å². The molecule has 1 aromatic carbocycles. The van der Waals surface area contributed by atoms with Gasteiger partial charge in [-0.25, -0.2) is 4.39 Å². The van der Waals surface area contributed by atoms with Gasteiger partial charge in [-0.05, 0) is 55.5 Å². The fourth-order valence-electron chi connectivity index (χ4n) is 3.82. The molecular formula is C19H20FN3O2. The topological polar surface area (TPSA) is 74.0 Å². The number of hydrogen-bond donors (Lipinski definition) is 3. The lowest BCUT2D eigenvalue weighted by Gasteiger charge is -2.19. The number of anilines is 1. The van der Waals surface area contributed by atoms with E-state index >= 15 is 0 Å². The number of carbonyl (C=O) groups excluding carboxylic acids is 2. The molecule has 25 heavy (non-hydrogen) atoms. The summed E-state index contributed by atoms with van der Waals surface area (Å²) in [6.45, 7) is 3.14. The predicted octanol–water partition coefficient (Wildman–Crippen LogP) is 2.88. The molecule has 0 bridgehead atoms. The number of aryl methyl sites for hydroxylation is 1. The first-order chi connectivity index (χ1) is 12.1. The van der Waals surface area contributed by atoms with Crippen LogP contribution < -0.4 is 10.6 Å². The molecule has 0 radical (unpaired) electrons. The van der Waals surface area contributed by atoms with Crippen LogP contribution in [-0.4, -0.2) is 23.2 Å². The van der Waals surface area contributed by atoms with Crippen molar-refractivity contribution in [2.24, 2.45) is 0 Å². The first kappa shape index (κ1) is 16.0. The standard InChI is InChI=1S/C19H20FN3O2/c1-10-16-13(3-2-4-15(16)24)22-18(10)19(25)23-14-6-5-11-9-21-8-7-12(11)17(14)20/h5-6,21-22H,2-4,7-9H2,1H3,(H,23,25). The second kappa shape index (κ2) is 6.11. The SMILES string of the molecule is Cc1c(C(=O)Nc2ccc3c(c2F)CCNC3)[nH]c2c1C(=O)CCC2. The number of halogens is 1. The number of hydrogen-bond acceptors (Lipinski definition) is 3. The summed E-state index contributed by atoms with van der Waals surface area (Å²) in [5, 5.41) is 5.87. The Kier molecular flexibility index (Phi) is 3.92. The fraction of sp³-hybridized carbons (Fsp3) is 0.368. The summed E-state index contributed by atoms with van der Waals surface area (Å²) in [6, 6.07) is 3.44. The zero-order chi connectivity index (χ0) is 17.6. The number of benzene rings is 1. The Morgan fingerprint density at radius 3 is 2.88 bits per heavy atom. The van der Waals surface area contributed by atoms with Gasteiger partial charge < -0.3 is 15.6 Å². The van der Waals surface area contributed by atoms with Crippen molar-refractivity contribution in [1.29, 1.82) is 0 Å². The Bertz CT molecular complexity index is 885. The van der Waals surface area contributed by atoms with Crippen molar-refractivity contribution in [2.75, 3.05) is 11.9 Å². The van der Waals surface area contributed by atoms with Crippen molar-refractivity contribution in [1.82, 2.24) is 10.3 Å². The third-order valence-electron chi connectivity index (χ3n) is 5.12. The first-order valence-corrected chi connectivity index (χ1v) is 8.63. The average molecular weight is 341 g/mol. The lowest BCUT2D eigenvalue weighted by molar-refractivity contribution is 0.0971. The lowest BCUT2D eigenvalue weighted by atomic mass is 9.94. The summed E-state index contributed by atoms with van der Waals surface area (Å²) < 4.78 is 14.7. The van der Waals surface area contributed by atoms with Gasteiger partial charge in [-0.15, -0.1) is 0 Å². The van der Waals surface area contributed by atoms with Crippen LogP contribution in [0.3, 0.4) is 0 Å². The van der Waals surface area contributed by atoms with Gasteiger partial charge in [0.15, 0.2) is 5.78 Å². The van der Waals surface area contributed by atoms with Crippen molar-refractivity contribution < 1.29 is 14.0 Å². The molecule has 6 heteroatoms. The Hall–Kier alpha value is -2.47. The maximum atomic E-state index is 14.7. The number of nitrogens with one attached hydrogen (secondary N) is 3. The Morgan fingerprint density at radius 1 is 1.24 bits per heavy atom. The van der Waals surface area contributed by atoms with Crippen LogP contribution >= 0.6 is 0 Å². The highest BCUT2D eigenvalue weighted by Gasteiger charge is 2.27. The van der Waals surface area contributed by atoms with Crippen LogP contribution in [0.25, 0.3) is 0 Å². The van der Waals surface area contributed by atoms with Crippen LogP contribution in [0.5, 0.6) is 0 Å². The van der Waals surface area contributed by atoms with E-state index in [4.69, 9.17) is 0 Å². The van der Waals surface area contributed by atoms with Gasteiger partial charge in [0.2, 0.25) is 0 Å². The molecular weight excluding hydrogens is 321 g/mol. The largest absolute Gasteiger partial charge is 0.354 e. The number of rotatable bonds is 2. The van der Waals surface area contributed by atoms with Crippen LogP contribution in [0, 0.1) is 12.7 Å². The second-order valence-electron chi connectivity index (χ2n) is 6.70. The highest BCUT2D eigenvalue weighted by atomic mass is 19.1. The molecule has 2 heterocycles. The van der Waals surface area contributed by atoms with Gasteiger partial charge in [0.05, 0.1) is 5.69 Å².